The third-order valence-electron chi connectivity index (χ3n) is 4.57. The molecule has 28 heavy (non-hydrogen) atoms. The molecule has 1 amide bonds. The van der Waals surface area contributed by atoms with Crippen LogP contribution in [0, 0.1) is 0 Å². The van der Waals surface area contributed by atoms with Crippen molar-refractivity contribution in [1.82, 2.24) is 20.1 Å². The Balaban J connectivity index is 1.89. The SMILES string of the molecule is CCOc1cccc(CNC(=O)c2cc(C(C)C)nc3c2cnn3C(C)C)c1. The lowest BCUT2D eigenvalue weighted by Gasteiger charge is -2.12. The number of ether oxygens (including phenoxy) is 1. The van der Waals surface area contributed by atoms with E-state index in [0.717, 1.165) is 28.0 Å². The summed E-state index contributed by atoms with van der Waals surface area (Å²) in [6.07, 6.45) is 1.73. The molecule has 0 aliphatic carbocycles. The molecule has 0 spiro atoms. The van der Waals surface area contributed by atoms with E-state index >= 15 is 0 Å². The van der Waals surface area contributed by atoms with Crippen LogP contribution in [0.1, 0.15) is 68.2 Å². The maximum absolute atomic E-state index is 13.0. The molecule has 1 aromatic carbocycles. The van der Waals surface area contributed by atoms with Crippen LogP contribution in [0.25, 0.3) is 11.0 Å². The number of rotatable bonds is 7. The fourth-order valence-electron chi connectivity index (χ4n) is 3.09. The van der Waals surface area contributed by atoms with Gasteiger partial charge < -0.3 is 10.1 Å². The predicted octanol–water partition coefficient (Wildman–Crippen LogP) is 4.46. The van der Waals surface area contributed by atoms with E-state index in [1.54, 1.807) is 6.20 Å². The van der Waals surface area contributed by atoms with Crippen molar-refractivity contribution >= 4 is 16.9 Å². The first-order valence-electron chi connectivity index (χ1n) is 9.78. The van der Waals surface area contributed by atoms with Gasteiger partial charge in [-0.15, -0.1) is 0 Å². The van der Waals surface area contributed by atoms with Crippen LogP contribution in [0.15, 0.2) is 36.5 Å². The minimum atomic E-state index is -0.126. The summed E-state index contributed by atoms with van der Waals surface area (Å²) >= 11 is 0. The lowest BCUT2D eigenvalue weighted by molar-refractivity contribution is 0.0952. The number of amides is 1. The van der Waals surface area contributed by atoms with Gasteiger partial charge in [0.1, 0.15) is 5.75 Å². The monoisotopic (exact) mass is 380 g/mol. The van der Waals surface area contributed by atoms with Crippen LogP contribution in [0.4, 0.5) is 0 Å². The zero-order chi connectivity index (χ0) is 20.3. The van der Waals surface area contributed by atoms with Crippen LogP contribution in [-0.2, 0) is 6.54 Å². The molecule has 3 rings (SSSR count). The second-order valence-electron chi connectivity index (χ2n) is 7.43. The normalized spacial score (nSPS) is 11.4. The number of hydrogen-bond donors (Lipinski definition) is 1. The first kappa shape index (κ1) is 19.9. The summed E-state index contributed by atoms with van der Waals surface area (Å²) in [4.78, 5) is 17.7. The summed E-state index contributed by atoms with van der Waals surface area (Å²) in [5, 5.41) is 8.24. The molecular formula is C22H28N4O2. The number of nitrogens with zero attached hydrogens (tertiary/aromatic N) is 3. The van der Waals surface area contributed by atoms with Gasteiger partial charge in [0, 0.05) is 18.3 Å². The molecule has 0 aliphatic heterocycles. The van der Waals surface area contributed by atoms with Crippen LogP contribution in [-0.4, -0.2) is 27.3 Å². The van der Waals surface area contributed by atoms with Crippen LogP contribution in [0.3, 0.4) is 0 Å². The molecule has 0 bridgehead atoms. The summed E-state index contributed by atoms with van der Waals surface area (Å²) < 4.78 is 7.40. The summed E-state index contributed by atoms with van der Waals surface area (Å²) in [5.41, 5.74) is 3.25. The third-order valence-corrected chi connectivity index (χ3v) is 4.57. The van der Waals surface area contributed by atoms with Gasteiger partial charge in [-0.05, 0) is 50.5 Å². The van der Waals surface area contributed by atoms with Crippen molar-refractivity contribution in [2.24, 2.45) is 0 Å². The van der Waals surface area contributed by atoms with Crippen LogP contribution >= 0.6 is 0 Å². The molecule has 0 aliphatic rings. The van der Waals surface area contributed by atoms with Crippen molar-refractivity contribution in [3.05, 3.63) is 53.3 Å². The molecule has 1 N–H and O–H groups in total. The summed E-state index contributed by atoms with van der Waals surface area (Å²) in [7, 11) is 0. The van der Waals surface area contributed by atoms with Gasteiger partial charge >= 0.3 is 0 Å². The molecular weight excluding hydrogens is 352 g/mol. The highest BCUT2D eigenvalue weighted by Gasteiger charge is 2.18. The van der Waals surface area contributed by atoms with E-state index in [0.29, 0.717) is 18.7 Å². The van der Waals surface area contributed by atoms with Gasteiger partial charge in [0.25, 0.3) is 5.91 Å². The molecule has 6 heteroatoms. The number of aromatic nitrogens is 3. The highest BCUT2D eigenvalue weighted by molar-refractivity contribution is 6.05. The van der Waals surface area contributed by atoms with Crippen LogP contribution in [0.5, 0.6) is 5.75 Å². The van der Waals surface area contributed by atoms with Gasteiger partial charge in [0.15, 0.2) is 5.65 Å². The zero-order valence-corrected chi connectivity index (χ0v) is 17.2. The van der Waals surface area contributed by atoms with Gasteiger partial charge in [-0.1, -0.05) is 26.0 Å². The van der Waals surface area contributed by atoms with Crippen molar-refractivity contribution in [2.75, 3.05) is 6.61 Å². The number of hydrogen-bond acceptors (Lipinski definition) is 4. The van der Waals surface area contributed by atoms with Gasteiger partial charge in [-0.2, -0.15) is 5.10 Å². The first-order valence-corrected chi connectivity index (χ1v) is 9.78. The molecule has 2 aromatic heterocycles. The molecule has 148 valence electrons. The Morgan fingerprint density at radius 2 is 2.00 bits per heavy atom. The average molecular weight is 380 g/mol. The van der Waals surface area contributed by atoms with Crippen LogP contribution in [0.2, 0.25) is 0 Å². The molecule has 0 saturated carbocycles. The first-order chi connectivity index (χ1) is 13.4. The fraction of sp³-hybridized carbons (Fsp3) is 0.409. The Bertz CT molecular complexity index is 976. The molecule has 0 radical (unpaired) electrons. The van der Waals surface area contributed by atoms with Crippen molar-refractivity contribution in [1.29, 1.82) is 0 Å². The highest BCUT2D eigenvalue weighted by atomic mass is 16.5. The number of benzene rings is 1. The van der Waals surface area contributed by atoms with Gasteiger partial charge in [0.2, 0.25) is 0 Å². The van der Waals surface area contributed by atoms with E-state index in [9.17, 15) is 4.79 Å². The Labute approximate surface area is 165 Å². The molecule has 0 saturated heterocycles. The minimum Gasteiger partial charge on any atom is -0.494 e. The average Bonchev–Trinajstić information content (AvgIpc) is 3.10. The van der Waals surface area contributed by atoms with E-state index in [1.807, 2.05) is 41.9 Å². The second-order valence-corrected chi connectivity index (χ2v) is 7.43. The highest BCUT2D eigenvalue weighted by Crippen LogP contribution is 2.24. The lowest BCUT2D eigenvalue weighted by Crippen LogP contribution is -2.23. The quantitative estimate of drug-likeness (QED) is 0.657. The molecule has 2 heterocycles. The van der Waals surface area contributed by atoms with Crippen molar-refractivity contribution in [3.8, 4) is 5.75 Å². The maximum atomic E-state index is 13.0. The van der Waals surface area contributed by atoms with E-state index in [2.05, 4.69) is 38.1 Å². The Kier molecular flexibility index (Phi) is 5.97. The van der Waals surface area contributed by atoms with Gasteiger partial charge in [0.05, 0.1) is 23.8 Å². The number of carbonyl (C=O) groups excluding carboxylic acids is 1. The number of fused-ring (bicyclic) bond motifs is 1. The predicted molar refractivity (Wildman–Crippen MR) is 111 cm³/mol. The molecule has 0 unspecified atom stereocenters. The Hall–Kier alpha value is -2.89. The lowest BCUT2D eigenvalue weighted by atomic mass is 10.0. The number of nitrogens with one attached hydrogen (secondary N) is 1. The largest absolute Gasteiger partial charge is 0.494 e. The Morgan fingerprint density at radius 3 is 2.68 bits per heavy atom. The fourth-order valence-corrected chi connectivity index (χ4v) is 3.09. The number of pyridine rings is 1. The Morgan fingerprint density at radius 1 is 1.21 bits per heavy atom. The molecule has 3 aromatic rings. The number of carbonyl (C=O) groups is 1. The van der Waals surface area contributed by atoms with E-state index < -0.39 is 0 Å². The summed E-state index contributed by atoms with van der Waals surface area (Å²) in [6, 6.07) is 9.82. The molecule has 6 nitrogen and oxygen atoms in total. The third kappa shape index (κ3) is 4.16. The van der Waals surface area contributed by atoms with Crippen LogP contribution < -0.4 is 10.1 Å². The molecule has 0 atom stereocenters. The minimum absolute atomic E-state index is 0.126. The second kappa shape index (κ2) is 8.42. The molecule has 0 fully saturated rings. The van der Waals surface area contributed by atoms with Crippen molar-refractivity contribution in [2.45, 2.75) is 53.1 Å². The maximum Gasteiger partial charge on any atom is 0.252 e. The standard InChI is InChI=1S/C22H28N4O2/c1-6-28-17-9-7-8-16(10-17)12-23-22(27)18-11-20(14(2)3)25-21-19(18)13-24-26(21)15(4)5/h7-11,13-15H,6,12H2,1-5H3,(H,23,27). The van der Waals surface area contributed by atoms with Crippen molar-refractivity contribution < 1.29 is 9.53 Å². The zero-order valence-electron chi connectivity index (χ0n) is 17.2. The van der Waals surface area contributed by atoms with Gasteiger partial charge in [-0.3, -0.25) is 4.79 Å². The van der Waals surface area contributed by atoms with Crippen molar-refractivity contribution in [3.63, 3.8) is 0 Å². The van der Waals surface area contributed by atoms with Gasteiger partial charge in [-0.25, -0.2) is 9.67 Å². The smallest absolute Gasteiger partial charge is 0.252 e. The summed E-state index contributed by atoms with van der Waals surface area (Å²) in [5.74, 6) is 0.898. The van der Waals surface area contributed by atoms with E-state index in [-0.39, 0.29) is 17.9 Å². The van der Waals surface area contributed by atoms with E-state index in [1.165, 1.54) is 0 Å². The topological polar surface area (TPSA) is 69.0 Å². The van der Waals surface area contributed by atoms with E-state index in [4.69, 9.17) is 9.72 Å². The summed E-state index contributed by atoms with van der Waals surface area (Å²) in [6.45, 7) is 11.3.